The van der Waals surface area contributed by atoms with Gasteiger partial charge < -0.3 is 10.4 Å². The molecular weight excluding hydrogens is 275 g/mol. The van der Waals surface area contributed by atoms with Crippen LogP contribution in [0.15, 0.2) is 36.4 Å². The van der Waals surface area contributed by atoms with Gasteiger partial charge in [-0.05, 0) is 36.4 Å². The molecule has 0 radical (unpaired) electrons. The zero-order valence-electron chi connectivity index (χ0n) is 10.8. The van der Waals surface area contributed by atoms with E-state index >= 15 is 0 Å². The third kappa shape index (κ3) is 2.43. The number of rotatable bonds is 3. The van der Waals surface area contributed by atoms with E-state index in [0.717, 1.165) is 0 Å². The third-order valence-corrected chi connectivity index (χ3v) is 3.26. The molecule has 2 amide bonds. The first kappa shape index (κ1) is 13.1. The Labute approximate surface area is 119 Å². The number of anilines is 1. The smallest absolute Gasteiger partial charge is 0.259 e. The van der Waals surface area contributed by atoms with Crippen LogP contribution in [0.2, 0.25) is 0 Å². The first-order valence-electron chi connectivity index (χ1n) is 6.25. The largest absolute Gasteiger partial charge is 0.508 e. The van der Waals surface area contributed by atoms with Crippen molar-refractivity contribution in [1.82, 2.24) is 5.32 Å². The molecular formula is C15H11FN2O3. The Kier molecular flexibility index (Phi) is 3.06. The molecule has 0 spiro atoms. The van der Waals surface area contributed by atoms with Crippen molar-refractivity contribution in [3.8, 4) is 5.75 Å². The van der Waals surface area contributed by atoms with Gasteiger partial charge in [0.1, 0.15) is 11.6 Å². The van der Waals surface area contributed by atoms with Gasteiger partial charge in [-0.25, -0.2) is 4.39 Å². The van der Waals surface area contributed by atoms with Gasteiger partial charge in [-0.3, -0.25) is 14.9 Å². The molecule has 0 atom stereocenters. The number of hydrogen-bond donors (Lipinski definition) is 3. The monoisotopic (exact) mass is 286 g/mol. The lowest BCUT2D eigenvalue weighted by Gasteiger charge is -2.09. The minimum absolute atomic E-state index is 0.0158. The van der Waals surface area contributed by atoms with E-state index in [9.17, 15) is 19.1 Å². The molecule has 0 bridgehead atoms. The Bertz CT molecular complexity index is 759. The minimum atomic E-state index is -0.441. The number of fused-ring (bicyclic) bond motifs is 1. The third-order valence-electron chi connectivity index (χ3n) is 3.26. The van der Waals surface area contributed by atoms with Gasteiger partial charge in [-0.15, -0.1) is 0 Å². The van der Waals surface area contributed by atoms with Crippen LogP contribution < -0.4 is 10.6 Å². The van der Waals surface area contributed by atoms with Gasteiger partial charge in [0.25, 0.3) is 11.8 Å². The standard InChI is InChI=1S/C15H11FN2O3/c16-9-1-4-13(19)8(5-9)7-17-10-2-3-11-12(6-10)15(21)18-14(11)20/h1-6,17,19H,7H2,(H,18,20,21). The number of halogens is 1. The van der Waals surface area contributed by atoms with Crippen LogP contribution >= 0.6 is 0 Å². The maximum atomic E-state index is 13.1. The molecule has 1 aliphatic heterocycles. The SMILES string of the molecule is O=C1NC(=O)c2cc(NCc3cc(F)ccc3O)ccc21. The predicted octanol–water partition coefficient (Wildman–Crippen LogP) is 2.03. The molecule has 2 aromatic rings. The van der Waals surface area contributed by atoms with Crippen LogP contribution in [0.3, 0.4) is 0 Å². The second-order valence-electron chi connectivity index (χ2n) is 4.67. The first-order valence-corrected chi connectivity index (χ1v) is 6.25. The lowest BCUT2D eigenvalue weighted by atomic mass is 10.1. The topological polar surface area (TPSA) is 78.4 Å². The molecule has 3 rings (SSSR count). The van der Waals surface area contributed by atoms with E-state index in [1.54, 1.807) is 18.2 Å². The van der Waals surface area contributed by atoms with E-state index in [-0.39, 0.29) is 12.3 Å². The number of phenols is 1. The van der Waals surface area contributed by atoms with E-state index < -0.39 is 17.6 Å². The summed E-state index contributed by atoms with van der Waals surface area (Å²) in [6, 6.07) is 8.42. The van der Waals surface area contributed by atoms with Crippen molar-refractivity contribution in [3.05, 3.63) is 58.9 Å². The van der Waals surface area contributed by atoms with E-state index in [4.69, 9.17) is 0 Å². The highest BCUT2D eigenvalue weighted by Crippen LogP contribution is 2.23. The average Bonchev–Trinajstić information content (AvgIpc) is 2.75. The molecule has 3 N–H and O–H groups in total. The fourth-order valence-corrected chi connectivity index (χ4v) is 2.17. The highest BCUT2D eigenvalue weighted by Gasteiger charge is 2.26. The number of benzene rings is 2. The fraction of sp³-hybridized carbons (Fsp3) is 0.0667. The van der Waals surface area contributed by atoms with Crippen molar-refractivity contribution in [1.29, 1.82) is 0 Å². The zero-order chi connectivity index (χ0) is 15.0. The number of nitrogens with one attached hydrogen (secondary N) is 2. The molecule has 0 unspecified atom stereocenters. The maximum absolute atomic E-state index is 13.1. The molecule has 0 aromatic heterocycles. The summed E-state index contributed by atoms with van der Waals surface area (Å²) < 4.78 is 13.1. The number of aromatic hydroxyl groups is 1. The summed E-state index contributed by atoms with van der Waals surface area (Å²) in [4.78, 5) is 23.0. The van der Waals surface area contributed by atoms with Gasteiger partial charge >= 0.3 is 0 Å². The van der Waals surface area contributed by atoms with Crippen LogP contribution in [0.25, 0.3) is 0 Å². The van der Waals surface area contributed by atoms with E-state index in [1.165, 1.54) is 18.2 Å². The van der Waals surface area contributed by atoms with Crippen molar-refractivity contribution in [2.75, 3.05) is 5.32 Å². The number of carbonyl (C=O) groups excluding carboxylic acids is 2. The summed E-state index contributed by atoms with van der Waals surface area (Å²) in [7, 11) is 0. The number of imide groups is 1. The minimum Gasteiger partial charge on any atom is -0.508 e. The highest BCUT2D eigenvalue weighted by molar-refractivity contribution is 6.21. The van der Waals surface area contributed by atoms with Gasteiger partial charge in [0.05, 0.1) is 11.1 Å². The van der Waals surface area contributed by atoms with Crippen molar-refractivity contribution < 1.29 is 19.1 Å². The second-order valence-corrected chi connectivity index (χ2v) is 4.67. The Morgan fingerprint density at radius 1 is 1.05 bits per heavy atom. The number of hydrogen-bond acceptors (Lipinski definition) is 4. The van der Waals surface area contributed by atoms with Crippen LogP contribution in [0.1, 0.15) is 26.3 Å². The molecule has 0 saturated carbocycles. The Balaban J connectivity index is 1.80. The van der Waals surface area contributed by atoms with Crippen LogP contribution in [-0.2, 0) is 6.54 Å². The second kappa shape index (κ2) is 4.90. The van der Waals surface area contributed by atoms with Gasteiger partial charge in [0, 0.05) is 17.8 Å². The number of amides is 2. The highest BCUT2D eigenvalue weighted by atomic mass is 19.1. The van der Waals surface area contributed by atoms with Crippen molar-refractivity contribution >= 4 is 17.5 Å². The quantitative estimate of drug-likeness (QED) is 0.754. The molecule has 5 nitrogen and oxygen atoms in total. The summed E-state index contributed by atoms with van der Waals surface area (Å²) in [5.41, 5.74) is 1.63. The van der Waals surface area contributed by atoms with Crippen molar-refractivity contribution in [2.24, 2.45) is 0 Å². The van der Waals surface area contributed by atoms with Crippen LogP contribution in [0.4, 0.5) is 10.1 Å². The van der Waals surface area contributed by atoms with Crippen molar-refractivity contribution in [3.63, 3.8) is 0 Å². The molecule has 106 valence electrons. The Hall–Kier alpha value is -2.89. The fourth-order valence-electron chi connectivity index (χ4n) is 2.17. The normalized spacial score (nSPS) is 13.0. The molecule has 1 aliphatic rings. The summed E-state index contributed by atoms with van der Waals surface area (Å²) in [6.07, 6.45) is 0. The Morgan fingerprint density at radius 3 is 2.62 bits per heavy atom. The van der Waals surface area contributed by atoms with E-state index in [0.29, 0.717) is 22.4 Å². The summed E-state index contributed by atoms with van der Waals surface area (Å²) in [5, 5.41) is 14.8. The maximum Gasteiger partial charge on any atom is 0.259 e. The molecule has 0 aliphatic carbocycles. The van der Waals surface area contributed by atoms with Gasteiger partial charge in [-0.2, -0.15) is 0 Å². The van der Waals surface area contributed by atoms with Crippen LogP contribution in [0, 0.1) is 5.82 Å². The molecule has 0 saturated heterocycles. The average molecular weight is 286 g/mol. The van der Waals surface area contributed by atoms with Crippen LogP contribution in [-0.4, -0.2) is 16.9 Å². The summed E-state index contributed by atoms with van der Waals surface area (Å²) >= 11 is 0. The van der Waals surface area contributed by atoms with E-state index in [2.05, 4.69) is 10.6 Å². The molecule has 2 aromatic carbocycles. The van der Waals surface area contributed by atoms with Crippen molar-refractivity contribution in [2.45, 2.75) is 6.54 Å². The number of carbonyl (C=O) groups is 2. The Morgan fingerprint density at radius 2 is 1.81 bits per heavy atom. The lowest BCUT2D eigenvalue weighted by molar-refractivity contribution is 0.0879. The molecule has 21 heavy (non-hydrogen) atoms. The summed E-state index contributed by atoms with van der Waals surface area (Å²) in [5.74, 6) is -1.31. The first-order chi connectivity index (χ1) is 10.0. The zero-order valence-corrected chi connectivity index (χ0v) is 10.8. The summed E-state index contributed by atoms with van der Waals surface area (Å²) in [6.45, 7) is 0.192. The lowest BCUT2D eigenvalue weighted by Crippen LogP contribution is -2.19. The molecule has 0 fully saturated rings. The van der Waals surface area contributed by atoms with E-state index in [1.807, 2.05) is 0 Å². The molecule has 6 heteroatoms. The van der Waals surface area contributed by atoms with Gasteiger partial charge in [0.15, 0.2) is 0 Å². The van der Waals surface area contributed by atoms with Gasteiger partial charge in [0.2, 0.25) is 0 Å². The van der Waals surface area contributed by atoms with Gasteiger partial charge in [-0.1, -0.05) is 0 Å². The molecule has 1 heterocycles. The predicted molar refractivity (Wildman–Crippen MR) is 73.6 cm³/mol. The number of phenolic OH excluding ortho intramolecular Hbond substituents is 1. The van der Waals surface area contributed by atoms with Crippen LogP contribution in [0.5, 0.6) is 5.75 Å².